The summed E-state index contributed by atoms with van der Waals surface area (Å²) >= 11 is 0. The monoisotopic (exact) mass is 215 g/mol. The lowest BCUT2D eigenvalue weighted by Gasteiger charge is -2.38. The zero-order valence-electron chi connectivity index (χ0n) is 9.97. The topological polar surface area (TPSA) is 12.0 Å². The standard InChI is InChI=1S/C15H21N/c1-4-9-15(10-5-1)12-16-11-8-13-6-2-3-7-14(13)15/h2-3,6-7,16H,1,4-5,8-12H2. The van der Waals surface area contributed by atoms with E-state index in [9.17, 15) is 0 Å². The first kappa shape index (κ1) is 10.3. The fraction of sp³-hybridized carbons (Fsp3) is 0.600. The van der Waals surface area contributed by atoms with Crippen molar-refractivity contribution in [2.75, 3.05) is 13.1 Å². The van der Waals surface area contributed by atoms with Crippen LogP contribution in [0.1, 0.15) is 43.2 Å². The Balaban J connectivity index is 2.04. The third kappa shape index (κ3) is 1.67. The highest BCUT2D eigenvalue weighted by molar-refractivity contribution is 5.36. The fourth-order valence-electron chi connectivity index (χ4n) is 3.58. The van der Waals surface area contributed by atoms with Crippen molar-refractivity contribution < 1.29 is 0 Å². The van der Waals surface area contributed by atoms with E-state index in [4.69, 9.17) is 0 Å². The number of nitrogens with one attached hydrogen (secondary N) is 1. The van der Waals surface area contributed by atoms with E-state index < -0.39 is 0 Å². The van der Waals surface area contributed by atoms with Crippen molar-refractivity contribution in [3.8, 4) is 0 Å². The third-order valence-electron chi connectivity index (χ3n) is 4.43. The minimum atomic E-state index is 0.464. The maximum Gasteiger partial charge on any atom is 0.00805 e. The van der Waals surface area contributed by atoms with Crippen molar-refractivity contribution in [3.05, 3.63) is 35.4 Å². The van der Waals surface area contributed by atoms with Gasteiger partial charge in [-0.2, -0.15) is 0 Å². The lowest BCUT2D eigenvalue weighted by Crippen LogP contribution is -2.38. The molecule has 1 spiro atoms. The zero-order chi connectivity index (χ0) is 10.8. The summed E-state index contributed by atoms with van der Waals surface area (Å²) in [4.78, 5) is 0. The normalized spacial score (nSPS) is 23.8. The van der Waals surface area contributed by atoms with E-state index in [1.807, 2.05) is 0 Å². The molecule has 0 amide bonds. The van der Waals surface area contributed by atoms with Crippen LogP contribution in [-0.2, 0) is 11.8 Å². The van der Waals surface area contributed by atoms with Crippen LogP contribution < -0.4 is 5.32 Å². The van der Waals surface area contributed by atoms with Crippen molar-refractivity contribution in [3.63, 3.8) is 0 Å². The minimum Gasteiger partial charge on any atom is -0.316 e. The summed E-state index contributed by atoms with van der Waals surface area (Å²) in [6.07, 6.45) is 8.24. The van der Waals surface area contributed by atoms with Crippen LogP contribution in [0.3, 0.4) is 0 Å². The largest absolute Gasteiger partial charge is 0.316 e. The van der Waals surface area contributed by atoms with E-state index in [0.717, 1.165) is 6.54 Å². The lowest BCUT2D eigenvalue weighted by molar-refractivity contribution is 0.286. The Kier molecular flexibility index (Phi) is 2.72. The first-order chi connectivity index (χ1) is 7.91. The number of fused-ring (bicyclic) bond motifs is 2. The van der Waals surface area contributed by atoms with E-state index in [2.05, 4.69) is 29.6 Å². The molecule has 1 nitrogen and oxygen atoms in total. The molecule has 2 aliphatic rings. The SMILES string of the molecule is c1ccc2c(c1)CCNCC21CCCCC1. The van der Waals surface area contributed by atoms with Gasteiger partial charge in [0.1, 0.15) is 0 Å². The third-order valence-corrected chi connectivity index (χ3v) is 4.43. The molecule has 0 unspecified atom stereocenters. The molecule has 1 aromatic rings. The van der Waals surface area contributed by atoms with Crippen molar-refractivity contribution in [1.29, 1.82) is 0 Å². The van der Waals surface area contributed by atoms with Gasteiger partial charge in [-0.05, 0) is 36.9 Å². The smallest absolute Gasteiger partial charge is 0.00805 e. The van der Waals surface area contributed by atoms with Gasteiger partial charge in [-0.25, -0.2) is 0 Å². The van der Waals surface area contributed by atoms with Crippen LogP contribution in [0.25, 0.3) is 0 Å². The van der Waals surface area contributed by atoms with Crippen LogP contribution in [0, 0.1) is 0 Å². The van der Waals surface area contributed by atoms with Gasteiger partial charge in [0.05, 0.1) is 0 Å². The quantitative estimate of drug-likeness (QED) is 0.701. The molecule has 1 aliphatic heterocycles. The highest BCUT2D eigenvalue weighted by atomic mass is 14.9. The molecule has 1 heteroatoms. The van der Waals surface area contributed by atoms with E-state index in [1.165, 1.54) is 45.1 Å². The average molecular weight is 215 g/mol. The summed E-state index contributed by atoms with van der Waals surface area (Å²) in [5.74, 6) is 0. The second-order valence-electron chi connectivity index (χ2n) is 5.42. The lowest BCUT2D eigenvalue weighted by atomic mass is 9.68. The molecule has 86 valence electrons. The van der Waals surface area contributed by atoms with Crippen LogP contribution >= 0.6 is 0 Å². The van der Waals surface area contributed by atoms with Crippen LogP contribution in [0.2, 0.25) is 0 Å². The Hall–Kier alpha value is -0.820. The summed E-state index contributed by atoms with van der Waals surface area (Å²) < 4.78 is 0. The average Bonchev–Trinajstić information content (AvgIpc) is 2.52. The van der Waals surface area contributed by atoms with Crippen molar-refractivity contribution in [2.45, 2.75) is 43.9 Å². The molecule has 0 atom stereocenters. The summed E-state index contributed by atoms with van der Waals surface area (Å²) in [6.45, 7) is 2.35. The van der Waals surface area contributed by atoms with Crippen molar-refractivity contribution in [1.82, 2.24) is 5.32 Å². The second kappa shape index (κ2) is 4.21. The predicted molar refractivity (Wildman–Crippen MR) is 67.8 cm³/mol. The Morgan fingerprint density at radius 1 is 1.00 bits per heavy atom. The van der Waals surface area contributed by atoms with Gasteiger partial charge >= 0.3 is 0 Å². The number of benzene rings is 1. The molecule has 1 heterocycles. The number of rotatable bonds is 0. The Morgan fingerprint density at radius 3 is 2.69 bits per heavy atom. The molecule has 1 fully saturated rings. The number of hydrogen-bond donors (Lipinski definition) is 1. The maximum absolute atomic E-state index is 3.65. The molecule has 1 aromatic carbocycles. The van der Waals surface area contributed by atoms with E-state index in [0.29, 0.717) is 5.41 Å². The molecule has 3 rings (SSSR count). The fourth-order valence-corrected chi connectivity index (χ4v) is 3.58. The molecule has 1 aliphatic carbocycles. The summed E-state index contributed by atoms with van der Waals surface area (Å²) in [5.41, 5.74) is 3.71. The Labute approximate surface area is 98.3 Å². The van der Waals surface area contributed by atoms with E-state index in [-0.39, 0.29) is 0 Å². The van der Waals surface area contributed by atoms with Gasteiger partial charge in [-0.15, -0.1) is 0 Å². The summed E-state index contributed by atoms with van der Waals surface area (Å²) in [5, 5.41) is 3.65. The van der Waals surface area contributed by atoms with Gasteiger partial charge < -0.3 is 5.32 Å². The number of hydrogen-bond acceptors (Lipinski definition) is 1. The van der Waals surface area contributed by atoms with Gasteiger partial charge in [-0.3, -0.25) is 0 Å². The Morgan fingerprint density at radius 2 is 1.81 bits per heavy atom. The molecular weight excluding hydrogens is 194 g/mol. The molecule has 1 saturated carbocycles. The van der Waals surface area contributed by atoms with Gasteiger partial charge in [0, 0.05) is 12.0 Å². The highest BCUT2D eigenvalue weighted by Crippen LogP contribution is 2.41. The summed E-state index contributed by atoms with van der Waals surface area (Å²) in [6, 6.07) is 9.13. The molecule has 0 radical (unpaired) electrons. The zero-order valence-corrected chi connectivity index (χ0v) is 9.97. The van der Waals surface area contributed by atoms with Crippen LogP contribution in [0.5, 0.6) is 0 Å². The van der Waals surface area contributed by atoms with Gasteiger partial charge in [0.25, 0.3) is 0 Å². The van der Waals surface area contributed by atoms with Gasteiger partial charge in [-0.1, -0.05) is 43.5 Å². The molecule has 0 aromatic heterocycles. The minimum absolute atomic E-state index is 0.464. The second-order valence-corrected chi connectivity index (χ2v) is 5.42. The van der Waals surface area contributed by atoms with E-state index >= 15 is 0 Å². The molecule has 1 N–H and O–H groups in total. The predicted octanol–water partition coefficient (Wildman–Crippen LogP) is 3.03. The van der Waals surface area contributed by atoms with Crippen molar-refractivity contribution in [2.24, 2.45) is 0 Å². The highest BCUT2D eigenvalue weighted by Gasteiger charge is 2.35. The van der Waals surface area contributed by atoms with Crippen LogP contribution in [-0.4, -0.2) is 13.1 Å². The first-order valence-corrected chi connectivity index (χ1v) is 6.70. The van der Waals surface area contributed by atoms with Crippen LogP contribution in [0.4, 0.5) is 0 Å². The Bertz CT molecular complexity index is 363. The van der Waals surface area contributed by atoms with Crippen molar-refractivity contribution >= 4 is 0 Å². The summed E-state index contributed by atoms with van der Waals surface area (Å²) in [7, 11) is 0. The molecule has 16 heavy (non-hydrogen) atoms. The van der Waals surface area contributed by atoms with E-state index in [1.54, 1.807) is 11.1 Å². The van der Waals surface area contributed by atoms with Crippen LogP contribution in [0.15, 0.2) is 24.3 Å². The van der Waals surface area contributed by atoms with Gasteiger partial charge in [0.2, 0.25) is 0 Å². The molecular formula is C15H21N. The molecule has 0 bridgehead atoms. The first-order valence-electron chi connectivity index (χ1n) is 6.70. The molecule has 0 saturated heterocycles. The van der Waals surface area contributed by atoms with Gasteiger partial charge in [0.15, 0.2) is 0 Å². The maximum atomic E-state index is 3.65.